The molecule has 1 N–H and O–H groups in total. The standard InChI is InChI=1S/C22H23N3O2/c1-3-4-8-17-11-13-18(14-12-17)23-22(27)21-20(26)15-16(2)25(24-21)19-9-6-5-7-10-19/h5-7,9-15H,3-4,8H2,1-2H3,(H,23,27). The van der Waals surface area contributed by atoms with Gasteiger partial charge in [0.1, 0.15) is 0 Å². The molecule has 138 valence electrons. The molecule has 1 aromatic heterocycles. The zero-order chi connectivity index (χ0) is 19.2. The molecule has 3 rings (SSSR count). The van der Waals surface area contributed by atoms with Crippen LogP contribution in [0.4, 0.5) is 5.69 Å². The van der Waals surface area contributed by atoms with Gasteiger partial charge in [-0.1, -0.05) is 43.7 Å². The largest absolute Gasteiger partial charge is 0.320 e. The van der Waals surface area contributed by atoms with Crippen LogP contribution in [0.2, 0.25) is 0 Å². The fourth-order valence-electron chi connectivity index (χ4n) is 2.86. The summed E-state index contributed by atoms with van der Waals surface area (Å²) in [6, 6.07) is 18.6. The van der Waals surface area contributed by atoms with Crippen molar-refractivity contribution in [3.63, 3.8) is 0 Å². The van der Waals surface area contributed by atoms with Crippen molar-refractivity contribution < 1.29 is 4.79 Å². The molecule has 0 aliphatic rings. The number of carbonyl (C=O) groups excluding carboxylic acids is 1. The fourth-order valence-corrected chi connectivity index (χ4v) is 2.86. The quantitative estimate of drug-likeness (QED) is 0.718. The molecule has 27 heavy (non-hydrogen) atoms. The number of hydrogen-bond donors (Lipinski definition) is 1. The molecule has 0 aliphatic heterocycles. The van der Waals surface area contributed by atoms with Crippen LogP contribution < -0.4 is 10.7 Å². The number of nitrogens with one attached hydrogen (secondary N) is 1. The van der Waals surface area contributed by atoms with Crippen molar-refractivity contribution in [1.29, 1.82) is 0 Å². The molecule has 0 radical (unpaired) electrons. The summed E-state index contributed by atoms with van der Waals surface area (Å²) in [5.74, 6) is -0.508. The highest BCUT2D eigenvalue weighted by molar-refractivity contribution is 6.02. The van der Waals surface area contributed by atoms with Gasteiger partial charge in [-0.15, -0.1) is 0 Å². The first-order valence-corrected chi connectivity index (χ1v) is 9.15. The molecule has 1 amide bonds. The van der Waals surface area contributed by atoms with Gasteiger partial charge in [0, 0.05) is 17.4 Å². The van der Waals surface area contributed by atoms with E-state index in [1.807, 2.05) is 54.6 Å². The van der Waals surface area contributed by atoms with Crippen molar-refractivity contribution in [3.05, 3.63) is 87.8 Å². The van der Waals surface area contributed by atoms with E-state index in [9.17, 15) is 9.59 Å². The molecular formula is C22H23N3O2. The molecule has 0 spiro atoms. The number of aryl methyl sites for hydroxylation is 2. The first-order chi connectivity index (χ1) is 13.1. The fraction of sp³-hybridized carbons (Fsp3) is 0.227. The molecule has 0 saturated heterocycles. The van der Waals surface area contributed by atoms with Crippen LogP contribution in [0.5, 0.6) is 0 Å². The van der Waals surface area contributed by atoms with E-state index >= 15 is 0 Å². The van der Waals surface area contributed by atoms with Crippen LogP contribution in [0.1, 0.15) is 41.5 Å². The Kier molecular flexibility index (Phi) is 5.81. The van der Waals surface area contributed by atoms with Crippen LogP contribution >= 0.6 is 0 Å². The molecule has 0 saturated carbocycles. The normalized spacial score (nSPS) is 10.6. The lowest BCUT2D eigenvalue weighted by atomic mass is 10.1. The van der Waals surface area contributed by atoms with E-state index in [-0.39, 0.29) is 5.69 Å². The molecule has 1 heterocycles. The van der Waals surface area contributed by atoms with Gasteiger partial charge in [-0.25, -0.2) is 4.68 Å². The van der Waals surface area contributed by atoms with Gasteiger partial charge < -0.3 is 5.32 Å². The first-order valence-electron chi connectivity index (χ1n) is 9.15. The van der Waals surface area contributed by atoms with Gasteiger partial charge in [-0.3, -0.25) is 9.59 Å². The third-order valence-corrected chi connectivity index (χ3v) is 4.35. The van der Waals surface area contributed by atoms with Gasteiger partial charge in [0.25, 0.3) is 5.91 Å². The van der Waals surface area contributed by atoms with Crippen LogP contribution in [0.15, 0.2) is 65.5 Å². The van der Waals surface area contributed by atoms with E-state index in [2.05, 4.69) is 17.3 Å². The Morgan fingerprint density at radius 1 is 1.07 bits per heavy atom. The van der Waals surface area contributed by atoms with Crippen molar-refractivity contribution in [2.75, 3.05) is 5.32 Å². The van der Waals surface area contributed by atoms with E-state index in [0.717, 1.165) is 24.9 Å². The lowest BCUT2D eigenvalue weighted by Crippen LogP contribution is -2.26. The van der Waals surface area contributed by atoms with Crippen LogP contribution in [0, 0.1) is 6.92 Å². The number of para-hydroxylation sites is 1. The number of aromatic nitrogens is 2. The smallest absolute Gasteiger partial charge is 0.280 e. The summed E-state index contributed by atoms with van der Waals surface area (Å²) in [6.45, 7) is 3.95. The van der Waals surface area contributed by atoms with Crippen LogP contribution in [0.25, 0.3) is 5.69 Å². The minimum absolute atomic E-state index is 0.125. The lowest BCUT2D eigenvalue weighted by molar-refractivity contribution is 0.101. The van der Waals surface area contributed by atoms with Crippen molar-refractivity contribution in [3.8, 4) is 5.69 Å². The average Bonchev–Trinajstić information content (AvgIpc) is 2.68. The molecule has 0 unspecified atom stereocenters. The molecule has 5 heteroatoms. The van der Waals surface area contributed by atoms with Crippen LogP contribution in [-0.4, -0.2) is 15.7 Å². The molecule has 5 nitrogen and oxygen atoms in total. The Labute approximate surface area is 158 Å². The van der Waals surface area contributed by atoms with Gasteiger partial charge in [0.2, 0.25) is 5.43 Å². The molecule has 0 atom stereocenters. The van der Waals surface area contributed by atoms with E-state index < -0.39 is 11.3 Å². The van der Waals surface area contributed by atoms with Gasteiger partial charge in [-0.2, -0.15) is 5.10 Å². The zero-order valence-electron chi connectivity index (χ0n) is 15.6. The van der Waals surface area contributed by atoms with Crippen LogP contribution in [0.3, 0.4) is 0 Å². The maximum atomic E-state index is 12.6. The van der Waals surface area contributed by atoms with Gasteiger partial charge >= 0.3 is 0 Å². The lowest BCUT2D eigenvalue weighted by Gasteiger charge is -2.11. The average molecular weight is 361 g/mol. The zero-order valence-corrected chi connectivity index (χ0v) is 15.6. The maximum Gasteiger partial charge on any atom is 0.280 e. The Hall–Kier alpha value is -3.21. The molecule has 0 fully saturated rings. The summed E-state index contributed by atoms with van der Waals surface area (Å²) in [5.41, 5.74) is 2.83. The third kappa shape index (κ3) is 4.50. The molecule has 0 bridgehead atoms. The first kappa shape index (κ1) is 18.6. The highest BCUT2D eigenvalue weighted by Gasteiger charge is 2.15. The Bertz CT molecular complexity index is 977. The molecular weight excluding hydrogens is 338 g/mol. The molecule has 0 aliphatic carbocycles. The number of amides is 1. The summed E-state index contributed by atoms with van der Waals surface area (Å²) in [5, 5.41) is 7.05. The SMILES string of the molecule is CCCCc1ccc(NC(=O)c2nn(-c3ccccc3)c(C)cc2=O)cc1. The third-order valence-electron chi connectivity index (χ3n) is 4.35. The minimum atomic E-state index is -0.508. The number of anilines is 1. The molecule has 2 aromatic carbocycles. The Morgan fingerprint density at radius 3 is 2.44 bits per heavy atom. The number of benzene rings is 2. The predicted molar refractivity (Wildman–Crippen MR) is 108 cm³/mol. The summed E-state index contributed by atoms with van der Waals surface area (Å²) < 4.78 is 1.60. The number of hydrogen-bond acceptors (Lipinski definition) is 3. The van der Waals surface area contributed by atoms with Crippen molar-refractivity contribution in [2.45, 2.75) is 33.1 Å². The summed E-state index contributed by atoms with van der Waals surface area (Å²) in [7, 11) is 0. The number of rotatable bonds is 6. The highest BCUT2D eigenvalue weighted by Crippen LogP contribution is 2.13. The minimum Gasteiger partial charge on any atom is -0.320 e. The predicted octanol–water partition coefficient (Wildman–Crippen LogP) is 4.14. The van der Waals surface area contributed by atoms with E-state index in [0.29, 0.717) is 11.4 Å². The van der Waals surface area contributed by atoms with Crippen molar-refractivity contribution >= 4 is 11.6 Å². The second-order valence-corrected chi connectivity index (χ2v) is 6.50. The number of carbonyl (C=O) groups is 1. The summed E-state index contributed by atoms with van der Waals surface area (Å²) >= 11 is 0. The van der Waals surface area contributed by atoms with Crippen molar-refractivity contribution in [1.82, 2.24) is 9.78 Å². The highest BCUT2D eigenvalue weighted by atomic mass is 16.2. The van der Waals surface area contributed by atoms with Gasteiger partial charge in [0.05, 0.1) is 5.69 Å². The van der Waals surface area contributed by atoms with Gasteiger partial charge in [-0.05, 0) is 49.6 Å². The van der Waals surface area contributed by atoms with Crippen molar-refractivity contribution in [2.24, 2.45) is 0 Å². The maximum absolute atomic E-state index is 12.6. The second-order valence-electron chi connectivity index (χ2n) is 6.50. The van der Waals surface area contributed by atoms with E-state index in [1.165, 1.54) is 11.6 Å². The Balaban J connectivity index is 1.83. The molecule has 3 aromatic rings. The number of nitrogens with zero attached hydrogens (tertiary/aromatic N) is 2. The van der Waals surface area contributed by atoms with E-state index in [4.69, 9.17) is 0 Å². The monoisotopic (exact) mass is 361 g/mol. The Morgan fingerprint density at radius 2 is 1.78 bits per heavy atom. The van der Waals surface area contributed by atoms with Gasteiger partial charge in [0.15, 0.2) is 5.69 Å². The second kappa shape index (κ2) is 8.45. The number of unbranched alkanes of at least 4 members (excludes halogenated alkanes) is 1. The summed E-state index contributed by atoms with van der Waals surface area (Å²) in [4.78, 5) is 24.9. The summed E-state index contributed by atoms with van der Waals surface area (Å²) in [6.07, 6.45) is 3.30. The topological polar surface area (TPSA) is 64.0 Å². The van der Waals surface area contributed by atoms with E-state index in [1.54, 1.807) is 11.6 Å². The van der Waals surface area contributed by atoms with Crippen LogP contribution in [-0.2, 0) is 6.42 Å².